The SMILES string of the molecule is CCNC(=NCC(=O)Nc1ccc(F)c(F)c1F)NCCCOCC(C)C.I. The number of benzene rings is 1. The number of carbonyl (C=O) groups excluding carboxylic acids is 1. The van der Waals surface area contributed by atoms with E-state index in [1.54, 1.807) is 0 Å². The predicted molar refractivity (Wildman–Crippen MR) is 115 cm³/mol. The van der Waals surface area contributed by atoms with Gasteiger partial charge in [0.15, 0.2) is 23.4 Å². The molecule has 0 spiro atoms. The summed E-state index contributed by atoms with van der Waals surface area (Å²) < 4.78 is 45.1. The Kier molecular flexibility index (Phi) is 13.6. The molecule has 10 heteroatoms. The number of halogens is 4. The lowest BCUT2D eigenvalue weighted by molar-refractivity contribution is -0.114. The third kappa shape index (κ3) is 10.1. The minimum atomic E-state index is -1.63. The van der Waals surface area contributed by atoms with E-state index in [0.717, 1.165) is 18.6 Å². The second-order valence-electron chi connectivity index (χ2n) is 6.22. The minimum Gasteiger partial charge on any atom is -0.381 e. The van der Waals surface area contributed by atoms with E-state index in [4.69, 9.17) is 4.74 Å². The number of guanidine groups is 1. The van der Waals surface area contributed by atoms with Gasteiger partial charge in [0.1, 0.15) is 6.54 Å². The average molecular weight is 516 g/mol. The zero-order chi connectivity index (χ0) is 20.2. The Bertz CT molecular complexity index is 646. The summed E-state index contributed by atoms with van der Waals surface area (Å²) in [5, 5.41) is 8.19. The number of amides is 1. The molecular weight excluding hydrogens is 488 g/mol. The lowest BCUT2D eigenvalue weighted by atomic mass is 10.2. The van der Waals surface area contributed by atoms with Crippen LogP contribution in [-0.4, -0.2) is 44.7 Å². The molecule has 0 aliphatic rings. The highest BCUT2D eigenvalue weighted by Gasteiger charge is 2.15. The van der Waals surface area contributed by atoms with E-state index < -0.39 is 29.0 Å². The predicted octanol–water partition coefficient (Wildman–Crippen LogP) is 3.28. The first-order valence-corrected chi connectivity index (χ1v) is 8.88. The van der Waals surface area contributed by atoms with Gasteiger partial charge in [0.25, 0.3) is 0 Å². The van der Waals surface area contributed by atoms with E-state index in [1.165, 1.54) is 0 Å². The molecule has 6 nitrogen and oxygen atoms in total. The highest BCUT2D eigenvalue weighted by molar-refractivity contribution is 14.0. The number of hydrogen-bond acceptors (Lipinski definition) is 3. The normalized spacial score (nSPS) is 11.2. The summed E-state index contributed by atoms with van der Waals surface area (Å²) in [5.74, 6) is -4.15. The van der Waals surface area contributed by atoms with Gasteiger partial charge in [-0.1, -0.05) is 13.8 Å². The smallest absolute Gasteiger partial charge is 0.246 e. The van der Waals surface area contributed by atoms with Gasteiger partial charge in [-0.15, -0.1) is 24.0 Å². The molecule has 0 saturated carbocycles. The van der Waals surface area contributed by atoms with Crippen molar-refractivity contribution in [1.82, 2.24) is 10.6 Å². The molecule has 0 unspecified atom stereocenters. The van der Waals surface area contributed by atoms with Gasteiger partial charge in [-0.2, -0.15) is 0 Å². The molecule has 1 aromatic rings. The summed E-state index contributed by atoms with van der Waals surface area (Å²) in [4.78, 5) is 15.9. The Balaban J connectivity index is 0.00000729. The first-order chi connectivity index (χ1) is 12.8. The number of carbonyl (C=O) groups is 1. The molecule has 0 heterocycles. The summed E-state index contributed by atoms with van der Waals surface area (Å²) in [6, 6.07) is 1.69. The van der Waals surface area contributed by atoms with E-state index in [1.807, 2.05) is 6.92 Å². The van der Waals surface area contributed by atoms with Crippen molar-refractivity contribution in [2.24, 2.45) is 10.9 Å². The summed E-state index contributed by atoms with van der Waals surface area (Å²) in [6.07, 6.45) is 0.767. The van der Waals surface area contributed by atoms with Crippen LogP contribution in [0.2, 0.25) is 0 Å². The van der Waals surface area contributed by atoms with Crippen LogP contribution in [0.3, 0.4) is 0 Å². The van der Waals surface area contributed by atoms with Gasteiger partial charge in [-0.3, -0.25) is 4.79 Å². The van der Waals surface area contributed by atoms with Crippen molar-refractivity contribution in [3.8, 4) is 0 Å². The number of ether oxygens (including phenoxy) is 1. The van der Waals surface area contributed by atoms with Gasteiger partial charge in [0, 0.05) is 26.3 Å². The third-order valence-corrected chi connectivity index (χ3v) is 3.24. The van der Waals surface area contributed by atoms with Crippen molar-refractivity contribution < 1.29 is 22.7 Å². The van der Waals surface area contributed by atoms with Crippen molar-refractivity contribution >= 4 is 41.5 Å². The average Bonchev–Trinajstić information content (AvgIpc) is 2.62. The maximum absolute atomic E-state index is 13.6. The monoisotopic (exact) mass is 516 g/mol. The molecule has 0 atom stereocenters. The van der Waals surface area contributed by atoms with Gasteiger partial charge in [0.2, 0.25) is 5.91 Å². The summed E-state index contributed by atoms with van der Waals surface area (Å²) >= 11 is 0. The van der Waals surface area contributed by atoms with Crippen LogP contribution in [0, 0.1) is 23.4 Å². The quantitative estimate of drug-likeness (QED) is 0.147. The summed E-state index contributed by atoms with van der Waals surface area (Å²) in [7, 11) is 0. The maximum atomic E-state index is 13.6. The van der Waals surface area contributed by atoms with Crippen molar-refractivity contribution in [1.29, 1.82) is 0 Å². The van der Waals surface area contributed by atoms with Crippen molar-refractivity contribution in [3.63, 3.8) is 0 Å². The Hall–Kier alpha value is -1.56. The second-order valence-corrected chi connectivity index (χ2v) is 6.22. The summed E-state index contributed by atoms with van der Waals surface area (Å²) in [6.45, 7) is 8.22. The molecule has 0 fully saturated rings. The van der Waals surface area contributed by atoms with Gasteiger partial charge in [0.05, 0.1) is 5.69 Å². The highest BCUT2D eigenvalue weighted by Crippen LogP contribution is 2.19. The zero-order valence-corrected chi connectivity index (χ0v) is 18.6. The largest absolute Gasteiger partial charge is 0.381 e. The Labute approximate surface area is 180 Å². The number of hydrogen-bond donors (Lipinski definition) is 3. The Morgan fingerprint density at radius 1 is 1.18 bits per heavy atom. The van der Waals surface area contributed by atoms with Crippen LogP contribution >= 0.6 is 24.0 Å². The highest BCUT2D eigenvalue weighted by atomic mass is 127. The molecule has 0 radical (unpaired) electrons. The lowest BCUT2D eigenvalue weighted by Crippen LogP contribution is -2.38. The Morgan fingerprint density at radius 2 is 1.89 bits per heavy atom. The van der Waals surface area contributed by atoms with E-state index in [-0.39, 0.29) is 30.5 Å². The lowest BCUT2D eigenvalue weighted by Gasteiger charge is -2.12. The fraction of sp³-hybridized carbons (Fsp3) is 0.556. The molecule has 28 heavy (non-hydrogen) atoms. The zero-order valence-electron chi connectivity index (χ0n) is 16.3. The molecular formula is C18H28F3IN4O2. The number of aliphatic imine (C=N–C) groups is 1. The van der Waals surface area contributed by atoms with Crippen LogP contribution < -0.4 is 16.0 Å². The van der Waals surface area contributed by atoms with Crippen LogP contribution in [0.1, 0.15) is 27.2 Å². The second kappa shape index (κ2) is 14.4. The van der Waals surface area contributed by atoms with Gasteiger partial charge < -0.3 is 20.7 Å². The summed E-state index contributed by atoms with van der Waals surface area (Å²) in [5.41, 5.74) is -0.436. The fourth-order valence-corrected chi connectivity index (χ4v) is 2.00. The minimum absolute atomic E-state index is 0. The molecule has 0 aliphatic heterocycles. The number of anilines is 1. The van der Waals surface area contributed by atoms with Crippen molar-refractivity contribution in [2.75, 3.05) is 38.2 Å². The van der Waals surface area contributed by atoms with Crippen LogP contribution in [0.5, 0.6) is 0 Å². The van der Waals surface area contributed by atoms with Crippen LogP contribution in [0.15, 0.2) is 17.1 Å². The van der Waals surface area contributed by atoms with E-state index in [9.17, 15) is 18.0 Å². The van der Waals surface area contributed by atoms with Crippen molar-refractivity contribution in [2.45, 2.75) is 27.2 Å². The maximum Gasteiger partial charge on any atom is 0.246 e. The third-order valence-electron chi connectivity index (χ3n) is 3.24. The number of nitrogens with one attached hydrogen (secondary N) is 3. The van der Waals surface area contributed by atoms with E-state index >= 15 is 0 Å². The van der Waals surface area contributed by atoms with Crippen molar-refractivity contribution in [3.05, 3.63) is 29.6 Å². The molecule has 0 bridgehead atoms. The molecule has 160 valence electrons. The van der Waals surface area contributed by atoms with Crippen LogP contribution in [-0.2, 0) is 9.53 Å². The van der Waals surface area contributed by atoms with E-state index in [2.05, 4.69) is 34.8 Å². The van der Waals surface area contributed by atoms with Gasteiger partial charge >= 0.3 is 0 Å². The molecule has 1 amide bonds. The molecule has 3 N–H and O–H groups in total. The van der Waals surface area contributed by atoms with Gasteiger partial charge in [-0.25, -0.2) is 18.2 Å². The first kappa shape index (κ1) is 26.4. The molecule has 0 saturated heterocycles. The van der Waals surface area contributed by atoms with Crippen LogP contribution in [0.4, 0.5) is 18.9 Å². The van der Waals surface area contributed by atoms with Gasteiger partial charge in [-0.05, 0) is 31.4 Å². The number of nitrogens with zero attached hydrogens (tertiary/aromatic N) is 1. The van der Waals surface area contributed by atoms with E-state index in [0.29, 0.717) is 38.2 Å². The topological polar surface area (TPSA) is 74.8 Å². The molecule has 1 rings (SSSR count). The molecule has 0 aromatic heterocycles. The fourth-order valence-electron chi connectivity index (χ4n) is 2.00. The number of rotatable bonds is 10. The first-order valence-electron chi connectivity index (χ1n) is 8.88. The van der Waals surface area contributed by atoms with Crippen LogP contribution in [0.25, 0.3) is 0 Å². The standard InChI is InChI=1S/C18H27F3N4O2.HI/c1-4-22-18(23-8-5-9-27-11-12(2)3)24-10-15(26)25-14-7-6-13(19)16(20)17(14)21;/h6-7,12H,4-5,8-11H2,1-3H3,(H,25,26)(H2,22,23,24);1H. The Morgan fingerprint density at radius 3 is 2.54 bits per heavy atom. The molecule has 1 aromatic carbocycles. The molecule has 0 aliphatic carbocycles.